The second-order valence-corrected chi connectivity index (χ2v) is 6.69. The van der Waals surface area contributed by atoms with Gasteiger partial charge >= 0.3 is 0 Å². The molecular weight excluding hydrogens is 300 g/mol. The topological polar surface area (TPSA) is 50.4 Å². The summed E-state index contributed by atoms with van der Waals surface area (Å²) in [7, 11) is 0. The Kier molecular flexibility index (Phi) is 9.37. The molecule has 1 saturated heterocycles. The van der Waals surface area contributed by atoms with Gasteiger partial charge in [-0.05, 0) is 58.4 Å². The molecule has 0 spiro atoms. The van der Waals surface area contributed by atoms with Crippen LogP contribution in [0.2, 0.25) is 0 Å². The van der Waals surface area contributed by atoms with E-state index in [9.17, 15) is 4.79 Å². The average molecular weight is 333 g/mol. The highest BCUT2D eigenvalue weighted by Gasteiger charge is 2.27. The van der Waals surface area contributed by atoms with Crippen molar-refractivity contribution < 1.29 is 9.53 Å². The van der Waals surface area contributed by atoms with Crippen LogP contribution in [-0.2, 0) is 9.53 Å². The first kappa shape index (κ1) is 19.7. The Bertz CT molecular complexity index is 322. The minimum atomic E-state index is 0. The van der Waals surface area contributed by atoms with Gasteiger partial charge in [0.2, 0.25) is 5.91 Å². The van der Waals surface area contributed by atoms with E-state index in [0.29, 0.717) is 18.1 Å². The van der Waals surface area contributed by atoms with Gasteiger partial charge in [-0.15, -0.1) is 12.4 Å². The molecule has 0 aromatic rings. The first-order chi connectivity index (χ1) is 10.2. The summed E-state index contributed by atoms with van der Waals surface area (Å²) in [6.45, 7) is 6.73. The van der Waals surface area contributed by atoms with Crippen molar-refractivity contribution in [3.63, 3.8) is 0 Å². The molecule has 1 unspecified atom stereocenters. The minimum absolute atomic E-state index is 0. The number of carbonyl (C=O) groups excluding carboxylic acids is 1. The molecule has 1 amide bonds. The number of hydrogen-bond donors (Lipinski definition) is 2. The van der Waals surface area contributed by atoms with E-state index in [1.807, 2.05) is 0 Å². The molecule has 3 atom stereocenters. The molecule has 1 saturated carbocycles. The van der Waals surface area contributed by atoms with Crippen LogP contribution < -0.4 is 10.6 Å². The molecule has 2 rings (SSSR count). The summed E-state index contributed by atoms with van der Waals surface area (Å²) in [5.41, 5.74) is 0. The zero-order valence-electron chi connectivity index (χ0n) is 14.1. The molecule has 5 heteroatoms. The van der Waals surface area contributed by atoms with Crippen molar-refractivity contribution in [2.75, 3.05) is 19.7 Å². The second kappa shape index (κ2) is 10.5. The van der Waals surface area contributed by atoms with Crippen LogP contribution in [0.4, 0.5) is 0 Å². The van der Waals surface area contributed by atoms with E-state index in [2.05, 4.69) is 24.5 Å². The zero-order chi connectivity index (χ0) is 15.1. The van der Waals surface area contributed by atoms with Crippen molar-refractivity contribution in [2.45, 2.75) is 70.9 Å². The molecule has 4 nitrogen and oxygen atoms in total. The maximum Gasteiger partial charge on any atom is 0.223 e. The standard InChI is InChI=1S/C17H32N2O2.ClH/c1-3-21-16(14-6-4-5-7-14)9-11-19-17(20)15-8-10-18-13(2)12-15;/h13-16,18H,3-12H2,1-2H3,(H,19,20);1H/t13-,15-,16?;/m0./s1. The summed E-state index contributed by atoms with van der Waals surface area (Å²) >= 11 is 0. The third-order valence-electron chi connectivity index (χ3n) is 5.03. The molecule has 130 valence electrons. The van der Waals surface area contributed by atoms with Crippen LogP contribution in [0.25, 0.3) is 0 Å². The molecule has 22 heavy (non-hydrogen) atoms. The first-order valence-corrected chi connectivity index (χ1v) is 8.83. The molecular formula is C17H33ClN2O2. The number of amides is 1. The monoisotopic (exact) mass is 332 g/mol. The quantitative estimate of drug-likeness (QED) is 0.753. The van der Waals surface area contributed by atoms with Crippen LogP contribution in [0.15, 0.2) is 0 Å². The summed E-state index contributed by atoms with van der Waals surface area (Å²) in [6, 6.07) is 0.462. The van der Waals surface area contributed by atoms with Crippen LogP contribution >= 0.6 is 12.4 Å². The van der Waals surface area contributed by atoms with Gasteiger partial charge in [0, 0.05) is 25.1 Å². The summed E-state index contributed by atoms with van der Waals surface area (Å²) in [5.74, 6) is 1.14. The number of ether oxygens (including phenoxy) is 1. The summed E-state index contributed by atoms with van der Waals surface area (Å²) in [5, 5.41) is 6.53. The van der Waals surface area contributed by atoms with Crippen molar-refractivity contribution >= 4 is 18.3 Å². The molecule has 1 aliphatic heterocycles. The largest absolute Gasteiger partial charge is 0.378 e. The molecule has 0 aromatic carbocycles. The van der Waals surface area contributed by atoms with Crippen molar-refractivity contribution in [1.29, 1.82) is 0 Å². The Morgan fingerprint density at radius 3 is 2.68 bits per heavy atom. The Balaban J connectivity index is 0.00000242. The minimum Gasteiger partial charge on any atom is -0.378 e. The van der Waals surface area contributed by atoms with E-state index in [1.165, 1.54) is 25.7 Å². The van der Waals surface area contributed by atoms with Gasteiger partial charge in [-0.2, -0.15) is 0 Å². The molecule has 0 bridgehead atoms. The lowest BCUT2D eigenvalue weighted by Crippen LogP contribution is -2.43. The first-order valence-electron chi connectivity index (χ1n) is 8.83. The van der Waals surface area contributed by atoms with Crippen molar-refractivity contribution in [2.24, 2.45) is 11.8 Å². The van der Waals surface area contributed by atoms with Crippen molar-refractivity contribution in [1.82, 2.24) is 10.6 Å². The smallest absolute Gasteiger partial charge is 0.223 e. The fourth-order valence-electron chi connectivity index (χ4n) is 3.85. The molecule has 1 aliphatic carbocycles. The van der Waals surface area contributed by atoms with Crippen LogP contribution in [0.1, 0.15) is 58.8 Å². The molecule has 0 aromatic heterocycles. The number of carbonyl (C=O) groups is 1. The van der Waals surface area contributed by atoms with Gasteiger partial charge in [0.15, 0.2) is 0 Å². The normalized spacial score (nSPS) is 27.2. The Hall–Kier alpha value is -0.320. The van der Waals surface area contributed by atoms with E-state index in [1.54, 1.807) is 0 Å². The third kappa shape index (κ3) is 6.05. The Labute approximate surface area is 141 Å². The molecule has 0 radical (unpaired) electrons. The lowest BCUT2D eigenvalue weighted by atomic mass is 9.92. The average Bonchev–Trinajstić information content (AvgIpc) is 3.00. The third-order valence-corrected chi connectivity index (χ3v) is 5.03. The highest BCUT2D eigenvalue weighted by molar-refractivity contribution is 5.85. The maximum absolute atomic E-state index is 12.2. The summed E-state index contributed by atoms with van der Waals surface area (Å²) in [4.78, 5) is 12.2. The van der Waals surface area contributed by atoms with Gasteiger partial charge in [0.05, 0.1) is 6.10 Å². The Morgan fingerprint density at radius 2 is 2.05 bits per heavy atom. The maximum atomic E-state index is 12.2. The van der Waals surface area contributed by atoms with Gasteiger partial charge < -0.3 is 15.4 Å². The fourth-order valence-corrected chi connectivity index (χ4v) is 3.85. The predicted octanol–water partition coefficient (Wildman–Crippen LogP) is 2.90. The van der Waals surface area contributed by atoms with Gasteiger partial charge in [-0.1, -0.05) is 12.8 Å². The number of hydrogen-bond acceptors (Lipinski definition) is 3. The van der Waals surface area contributed by atoms with Crippen LogP contribution in [0, 0.1) is 11.8 Å². The molecule has 2 N–H and O–H groups in total. The van der Waals surface area contributed by atoms with E-state index < -0.39 is 0 Å². The molecule has 1 heterocycles. The van der Waals surface area contributed by atoms with Crippen LogP contribution in [-0.4, -0.2) is 37.7 Å². The van der Waals surface area contributed by atoms with E-state index in [-0.39, 0.29) is 24.2 Å². The summed E-state index contributed by atoms with van der Waals surface area (Å²) < 4.78 is 5.91. The second-order valence-electron chi connectivity index (χ2n) is 6.69. The fraction of sp³-hybridized carbons (Fsp3) is 0.941. The van der Waals surface area contributed by atoms with Gasteiger partial charge in [-0.3, -0.25) is 4.79 Å². The number of rotatable bonds is 7. The lowest BCUT2D eigenvalue weighted by molar-refractivity contribution is -0.126. The van der Waals surface area contributed by atoms with Gasteiger partial charge in [-0.25, -0.2) is 0 Å². The lowest BCUT2D eigenvalue weighted by Gasteiger charge is -2.28. The number of piperidine rings is 1. The Morgan fingerprint density at radius 1 is 1.32 bits per heavy atom. The highest BCUT2D eigenvalue weighted by atomic mass is 35.5. The highest BCUT2D eigenvalue weighted by Crippen LogP contribution is 2.30. The van der Waals surface area contributed by atoms with E-state index in [0.717, 1.165) is 39.0 Å². The van der Waals surface area contributed by atoms with Crippen molar-refractivity contribution in [3.05, 3.63) is 0 Å². The zero-order valence-corrected chi connectivity index (χ0v) is 14.9. The summed E-state index contributed by atoms with van der Waals surface area (Å²) in [6.07, 6.45) is 8.50. The molecule has 2 fully saturated rings. The van der Waals surface area contributed by atoms with Crippen molar-refractivity contribution in [3.8, 4) is 0 Å². The SMILES string of the molecule is CCOC(CCNC(=O)[C@H]1CCN[C@@H](C)C1)C1CCCC1.Cl. The van der Waals surface area contributed by atoms with E-state index in [4.69, 9.17) is 4.74 Å². The van der Waals surface area contributed by atoms with Crippen LogP contribution in [0.5, 0.6) is 0 Å². The molecule has 2 aliphatic rings. The van der Waals surface area contributed by atoms with Crippen LogP contribution in [0.3, 0.4) is 0 Å². The van der Waals surface area contributed by atoms with E-state index >= 15 is 0 Å². The predicted molar refractivity (Wildman–Crippen MR) is 92.4 cm³/mol. The number of nitrogens with one attached hydrogen (secondary N) is 2. The van der Waals surface area contributed by atoms with Gasteiger partial charge in [0.25, 0.3) is 0 Å². The number of halogens is 1. The van der Waals surface area contributed by atoms with Gasteiger partial charge in [0.1, 0.15) is 0 Å².